The van der Waals surface area contributed by atoms with E-state index in [1.54, 1.807) is 20.8 Å². The van der Waals surface area contributed by atoms with Crippen LogP contribution in [0.3, 0.4) is 0 Å². The minimum Gasteiger partial charge on any atom is -1.00 e. The summed E-state index contributed by atoms with van der Waals surface area (Å²) < 4.78 is 4.49. The summed E-state index contributed by atoms with van der Waals surface area (Å²) in [5, 5.41) is 8.06. The fraction of sp³-hybridized carbons (Fsp3) is 0.778. The Balaban J connectivity index is -0.0000000511. The van der Waals surface area contributed by atoms with Gasteiger partial charge in [-0.25, -0.2) is 0 Å². The van der Waals surface area contributed by atoms with E-state index in [0.29, 0.717) is 6.61 Å². The van der Waals surface area contributed by atoms with Crippen molar-refractivity contribution in [2.45, 2.75) is 40.2 Å². The Hall–Kier alpha value is -0.134. The number of carbonyl (C=O) groups is 2. The second kappa shape index (κ2) is 12.9. The first kappa shape index (κ1) is 19.4. The number of Topliss-reactive ketones (excluding diaryl/α,β-unsaturated/α-hetero) is 1. The molecule has 0 saturated heterocycles. The van der Waals surface area contributed by atoms with Gasteiger partial charge in [-0.2, -0.15) is 0 Å². The molecule has 0 aliphatic carbocycles. The molecule has 0 radical (unpaired) electrons. The fourth-order valence-corrected chi connectivity index (χ4v) is 0.415. The van der Waals surface area contributed by atoms with Crippen LogP contribution in [-0.2, 0) is 14.3 Å². The van der Waals surface area contributed by atoms with E-state index >= 15 is 0 Å². The minimum absolute atomic E-state index is 0. The van der Waals surface area contributed by atoms with Gasteiger partial charge in [-0.05, 0) is 27.7 Å². The molecule has 0 aromatic rings. The standard InChI is InChI=1S/C6H10O3.C3H8O.Mg.2H/c1-3-9-6(8)4-5(2)7;1-3(2)4;;;/h3-4H2,1-2H3;3-4H,1-2H3;;;/q;;+2;2*-1. The quantitative estimate of drug-likeness (QED) is 0.430. The van der Waals surface area contributed by atoms with Crippen LogP contribution >= 0.6 is 0 Å². The number of aliphatic hydroxyl groups is 1. The normalized spacial score (nSPS) is 8.14. The molecule has 0 amide bonds. The molecule has 4 nitrogen and oxygen atoms in total. The summed E-state index contributed by atoms with van der Waals surface area (Å²) in [5.74, 6) is -0.599. The van der Waals surface area contributed by atoms with Crippen molar-refractivity contribution < 1.29 is 22.3 Å². The zero-order valence-corrected chi connectivity index (χ0v) is 10.8. The number of ketones is 1. The van der Waals surface area contributed by atoms with Gasteiger partial charge >= 0.3 is 29.0 Å². The molecule has 0 unspecified atom stereocenters. The smallest absolute Gasteiger partial charge is 1.00 e. The second-order valence-electron chi connectivity index (χ2n) is 2.78. The van der Waals surface area contributed by atoms with Crippen molar-refractivity contribution in [2.75, 3.05) is 6.61 Å². The number of esters is 1. The van der Waals surface area contributed by atoms with Gasteiger partial charge in [0.1, 0.15) is 12.2 Å². The van der Waals surface area contributed by atoms with Crippen LogP contribution < -0.4 is 0 Å². The van der Waals surface area contributed by atoms with Crippen molar-refractivity contribution in [1.82, 2.24) is 0 Å². The first-order valence-corrected chi connectivity index (χ1v) is 4.23. The second-order valence-corrected chi connectivity index (χ2v) is 2.78. The first-order valence-electron chi connectivity index (χ1n) is 4.23. The van der Waals surface area contributed by atoms with Crippen molar-refractivity contribution in [3.8, 4) is 0 Å². The van der Waals surface area contributed by atoms with Crippen molar-refractivity contribution in [1.29, 1.82) is 0 Å². The van der Waals surface area contributed by atoms with E-state index in [1.165, 1.54) is 6.92 Å². The number of hydrogen-bond donors (Lipinski definition) is 1. The zero-order chi connectivity index (χ0) is 10.9. The third-order valence-electron chi connectivity index (χ3n) is 0.699. The van der Waals surface area contributed by atoms with Crippen LogP contribution in [0.2, 0.25) is 0 Å². The predicted octanol–water partition coefficient (Wildman–Crippen LogP) is 0.760. The van der Waals surface area contributed by atoms with Crippen molar-refractivity contribution >= 4 is 34.8 Å². The summed E-state index contributed by atoms with van der Waals surface area (Å²) in [6.45, 7) is 6.85. The molecule has 0 spiro atoms. The molecule has 0 aromatic carbocycles. The van der Waals surface area contributed by atoms with Gasteiger partial charge in [-0.1, -0.05) is 0 Å². The van der Waals surface area contributed by atoms with E-state index in [-0.39, 0.29) is 44.2 Å². The monoisotopic (exact) mass is 216 g/mol. The molecule has 82 valence electrons. The van der Waals surface area contributed by atoms with Crippen LogP contribution in [0.4, 0.5) is 0 Å². The minimum atomic E-state index is -0.440. The van der Waals surface area contributed by atoms with E-state index in [0.717, 1.165) is 0 Å². The van der Waals surface area contributed by atoms with E-state index in [9.17, 15) is 9.59 Å². The molecule has 1 N–H and O–H groups in total. The predicted molar refractivity (Wildman–Crippen MR) is 57.3 cm³/mol. The Kier molecular flexibility index (Phi) is 17.9. The Morgan fingerprint density at radius 1 is 1.43 bits per heavy atom. The molecule has 0 rings (SSSR count). The van der Waals surface area contributed by atoms with E-state index < -0.39 is 5.97 Å². The van der Waals surface area contributed by atoms with Crippen LogP contribution in [0.1, 0.15) is 37.0 Å². The van der Waals surface area contributed by atoms with E-state index in [2.05, 4.69) is 4.74 Å². The van der Waals surface area contributed by atoms with Crippen molar-refractivity contribution in [3.05, 3.63) is 0 Å². The van der Waals surface area contributed by atoms with Gasteiger partial charge in [-0.15, -0.1) is 0 Å². The topological polar surface area (TPSA) is 63.6 Å². The molecule has 0 atom stereocenters. The number of ether oxygens (including phenoxy) is 1. The number of aliphatic hydroxyl groups excluding tert-OH is 1. The summed E-state index contributed by atoms with van der Waals surface area (Å²) in [4.78, 5) is 20.6. The van der Waals surface area contributed by atoms with Gasteiger partial charge < -0.3 is 12.7 Å². The molecule has 0 aliphatic heterocycles. The Morgan fingerprint density at radius 3 is 2.00 bits per heavy atom. The first-order chi connectivity index (χ1) is 5.90. The summed E-state index contributed by atoms with van der Waals surface area (Å²) in [5.41, 5.74) is 0. The summed E-state index contributed by atoms with van der Waals surface area (Å²) >= 11 is 0. The van der Waals surface area contributed by atoms with Crippen molar-refractivity contribution in [2.24, 2.45) is 0 Å². The summed E-state index contributed by atoms with van der Waals surface area (Å²) in [6.07, 6.45) is -0.270. The van der Waals surface area contributed by atoms with Gasteiger partial charge in [0.15, 0.2) is 0 Å². The maximum Gasteiger partial charge on any atom is 2.00 e. The number of rotatable bonds is 3. The Morgan fingerprint density at radius 2 is 1.79 bits per heavy atom. The third-order valence-corrected chi connectivity index (χ3v) is 0.699. The van der Waals surface area contributed by atoms with Gasteiger partial charge in [0.25, 0.3) is 0 Å². The molecule has 0 bridgehead atoms. The SMILES string of the molecule is CC(C)O.CCOC(=O)CC(C)=O.[H-].[H-].[Mg+2]. The fourth-order valence-electron chi connectivity index (χ4n) is 0.415. The molecule has 0 aliphatic rings. The van der Waals surface area contributed by atoms with Gasteiger partial charge in [-0.3, -0.25) is 9.59 Å². The van der Waals surface area contributed by atoms with Crippen LogP contribution in [0.5, 0.6) is 0 Å². The Labute approximate surface area is 104 Å². The third kappa shape index (κ3) is 29.7. The molecular weight excluding hydrogens is 196 g/mol. The van der Waals surface area contributed by atoms with E-state index in [1.807, 2.05) is 0 Å². The molecule has 0 saturated carbocycles. The average Bonchev–Trinajstić information content (AvgIpc) is 1.83. The maximum absolute atomic E-state index is 10.4. The maximum atomic E-state index is 10.4. The zero-order valence-electron chi connectivity index (χ0n) is 11.4. The molecule has 14 heavy (non-hydrogen) atoms. The molecule has 0 aromatic heterocycles. The number of carbonyl (C=O) groups excluding carboxylic acids is 2. The Bertz CT molecular complexity index is 163. The molecule has 0 heterocycles. The van der Waals surface area contributed by atoms with Crippen LogP contribution in [-0.4, -0.2) is 52.6 Å². The molecular formula is C9H20MgO4. The van der Waals surface area contributed by atoms with E-state index in [4.69, 9.17) is 5.11 Å². The molecule has 0 fully saturated rings. The van der Waals surface area contributed by atoms with Crippen LogP contribution in [0.15, 0.2) is 0 Å². The summed E-state index contributed by atoms with van der Waals surface area (Å²) in [7, 11) is 0. The number of hydrogen-bond acceptors (Lipinski definition) is 4. The van der Waals surface area contributed by atoms with Gasteiger partial charge in [0.05, 0.1) is 6.61 Å². The van der Waals surface area contributed by atoms with Crippen LogP contribution in [0.25, 0.3) is 0 Å². The van der Waals surface area contributed by atoms with Crippen molar-refractivity contribution in [3.63, 3.8) is 0 Å². The average molecular weight is 217 g/mol. The van der Waals surface area contributed by atoms with Crippen LogP contribution in [0, 0.1) is 0 Å². The van der Waals surface area contributed by atoms with Gasteiger partial charge in [0.2, 0.25) is 0 Å². The molecule has 5 heteroatoms. The van der Waals surface area contributed by atoms with Gasteiger partial charge in [0, 0.05) is 6.10 Å². The summed E-state index contributed by atoms with van der Waals surface area (Å²) in [6, 6.07) is 0. The largest absolute Gasteiger partial charge is 2.00 e.